The second kappa shape index (κ2) is 8.64. The summed E-state index contributed by atoms with van der Waals surface area (Å²) in [5, 5.41) is 17.3. The number of nitrogens with zero attached hydrogens (tertiary/aromatic N) is 3. The summed E-state index contributed by atoms with van der Waals surface area (Å²) in [4.78, 5) is 18.8. The molecule has 2 rings (SSSR count). The van der Waals surface area contributed by atoms with Gasteiger partial charge in [-0.15, -0.1) is 0 Å². The maximum absolute atomic E-state index is 11.4. The maximum atomic E-state index is 11.4. The van der Waals surface area contributed by atoms with Crippen molar-refractivity contribution in [2.75, 3.05) is 30.9 Å². The first-order valence-corrected chi connectivity index (χ1v) is 7.22. The molecule has 0 spiro atoms. The van der Waals surface area contributed by atoms with Crippen LogP contribution in [0.4, 0.5) is 17.3 Å². The molecule has 0 aliphatic heterocycles. The molecule has 23 heavy (non-hydrogen) atoms. The smallest absolute Gasteiger partial charge is 0.353 e. The van der Waals surface area contributed by atoms with E-state index < -0.39 is 4.92 Å². The van der Waals surface area contributed by atoms with Gasteiger partial charge < -0.3 is 15.4 Å². The summed E-state index contributed by atoms with van der Waals surface area (Å²) in [6, 6.07) is 9.61. The van der Waals surface area contributed by atoms with Crippen molar-refractivity contribution in [3.63, 3.8) is 0 Å². The summed E-state index contributed by atoms with van der Waals surface area (Å²) in [5.74, 6) is 0.403. The number of methoxy groups -OCH3 is 1. The Bertz CT molecular complexity index is 636. The van der Waals surface area contributed by atoms with E-state index in [4.69, 9.17) is 4.74 Å². The summed E-state index contributed by atoms with van der Waals surface area (Å²) < 4.78 is 4.95. The molecule has 2 aromatic rings. The lowest BCUT2D eigenvalue weighted by atomic mass is 10.2. The SMILES string of the molecule is COCCCNc1ncnc(NCc2ccccc2)c1[N+](=O)[O-]. The van der Waals surface area contributed by atoms with E-state index >= 15 is 0 Å². The van der Waals surface area contributed by atoms with Crippen molar-refractivity contribution < 1.29 is 9.66 Å². The average Bonchev–Trinajstić information content (AvgIpc) is 2.57. The molecule has 2 N–H and O–H groups in total. The van der Waals surface area contributed by atoms with Crippen molar-refractivity contribution >= 4 is 17.3 Å². The van der Waals surface area contributed by atoms with Crippen molar-refractivity contribution in [1.82, 2.24) is 9.97 Å². The molecule has 8 heteroatoms. The highest BCUT2D eigenvalue weighted by atomic mass is 16.6. The Hall–Kier alpha value is -2.74. The van der Waals surface area contributed by atoms with Crippen molar-refractivity contribution in [2.45, 2.75) is 13.0 Å². The number of aromatic nitrogens is 2. The molecule has 122 valence electrons. The van der Waals surface area contributed by atoms with Gasteiger partial charge in [-0.1, -0.05) is 30.3 Å². The lowest BCUT2D eigenvalue weighted by molar-refractivity contribution is -0.383. The van der Waals surface area contributed by atoms with Crippen LogP contribution in [0.3, 0.4) is 0 Å². The van der Waals surface area contributed by atoms with E-state index in [0.717, 1.165) is 12.0 Å². The third-order valence-corrected chi connectivity index (χ3v) is 3.13. The zero-order valence-corrected chi connectivity index (χ0v) is 12.9. The van der Waals surface area contributed by atoms with Gasteiger partial charge in [0.2, 0.25) is 11.6 Å². The molecule has 0 saturated carbocycles. The third kappa shape index (κ3) is 4.89. The van der Waals surface area contributed by atoms with Crippen LogP contribution in [0.2, 0.25) is 0 Å². The second-order valence-electron chi connectivity index (χ2n) is 4.79. The Kier molecular flexibility index (Phi) is 6.25. The van der Waals surface area contributed by atoms with E-state index in [2.05, 4.69) is 20.6 Å². The van der Waals surface area contributed by atoms with E-state index in [1.54, 1.807) is 7.11 Å². The fraction of sp³-hybridized carbons (Fsp3) is 0.333. The van der Waals surface area contributed by atoms with Crippen molar-refractivity contribution in [1.29, 1.82) is 0 Å². The fourth-order valence-corrected chi connectivity index (χ4v) is 2.02. The molecule has 0 unspecified atom stereocenters. The van der Waals surface area contributed by atoms with Gasteiger partial charge in [-0.25, -0.2) is 9.97 Å². The quantitative estimate of drug-likeness (QED) is 0.416. The molecule has 1 heterocycles. The number of ether oxygens (including phenoxy) is 1. The Morgan fingerprint density at radius 2 is 1.87 bits per heavy atom. The summed E-state index contributed by atoms with van der Waals surface area (Å²) in [5.41, 5.74) is 0.857. The standard InChI is InChI=1S/C15H19N5O3/c1-23-9-5-8-16-14-13(20(21)22)15(19-11-18-14)17-10-12-6-3-2-4-7-12/h2-4,6-7,11H,5,8-10H2,1H3,(H2,16,17,18,19). The topological polar surface area (TPSA) is 102 Å². The lowest BCUT2D eigenvalue weighted by Crippen LogP contribution is -2.11. The van der Waals surface area contributed by atoms with E-state index in [-0.39, 0.29) is 17.3 Å². The van der Waals surface area contributed by atoms with Crippen LogP contribution in [-0.2, 0) is 11.3 Å². The summed E-state index contributed by atoms with van der Waals surface area (Å²) in [7, 11) is 1.61. The molecule has 0 bridgehead atoms. The Balaban J connectivity index is 2.10. The molecule has 8 nitrogen and oxygen atoms in total. The largest absolute Gasteiger partial charge is 0.385 e. The number of nitro groups is 1. The Morgan fingerprint density at radius 3 is 2.52 bits per heavy atom. The third-order valence-electron chi connectivity index (χ3n) is 3.13. The first-order chi connectivity index (χ1) is 11.2. The van der Waals surface area contributed by atoms with Crippen LogP contribution in [0.5, 0.6) is 0 Å². The molecule has 1 aromatic carbocycles. The zero-order valence-electron chi connectivity index (χ0n) is 12.9. The van der Waals surface area contributed by atoms with Crippen LogP contribution in [-0.4, -0.2) is 35.2 Å². The number of hydrogen-bond donors (Lipinski definition) is 2. The van der Waals surface area contributed by atoms with Crippen LogP contribution in [0.1, 0.15) is 12.0 Å². The van der Waals surface area contributed by atoms with Gasteiger partial charge in [-0.2, -0.15) is 0 Å². The fourth-order valence-electron chi connectivity index (χ4n) is 2.02. The van der Waals surface area contributed by atoms with E-state index in [1.165, 1.54) is 6.33 Å². The van der Waals surface area contributed by atoms with Crippen LogP contribution in [0, 0.1) is 10.1 Å². The molecule has 0 saturated heterocycles. The van der Waals surface area contributed by atoms with Crippen molar-refractivity contribution in [3.05, 3.63) is 52.3 Å². The molecule has 0 fully saturated rings. The van der Waals surface area contributed by atoms with Crippen LogP contribution < -0.4 is 10.6 Å². The molecule has 0 amide bonds. The summed E-state index contributed by atoms with van der Waals surface area (Å²) in [6.45, 7) is 1.55. The monoisotopic (exact) mass is 317 g/mol. The first kappa shape index (κ1) is 16.6. The van der Waals surface area contributed by atoms with Crippen LogP contribution in [0.25, 0.3) is 0 Å². The highest BCUT2D eigenvalue weighted by Crippen LogP contribution is 2.29. The first-order valence-electron chi connectivity index (χ1n) is 7.22. The van der Waals surface area contributed by atoms with Gasteiger partial charge in [0.15, 0.2) is 0 Å². The lowest BCUT2D eigenvalue weighted by Gasteiger charge is -2.10. The number of anilines is 2. The van der Waals surface area contributed by atoms with Gasteiger partial charge in [0, 0.05) is 26.8 Å². The van der Waals surface area contributed by atoms with Gasteiger partial charge in [-0.05, 0) is 12.0 Å². The van der Waals surface area contributed by atoms with E-state index in [0.29, 0.717) is 19.7 Å². The number of hydrogen-bond acceptors (Lipinski definition) is 7. The van der Waals surface area contributed by atoms with E-state index in [1.807, 2.05) is 30.3 Å². The van der Waals surface area contributed by atoms with Crippen LogP contribution in [0.15, 0.2) is 36.7 Å². The second-order valence-corrected chi connectivity index (χ2v) is 4.79. The van der Waals surface area contributed by atoms with E-state index in [9.17, 15) is 10.1 Å². The van der Waals surface area contributed by atoms with Gasteiger partial charge >= 0.3 is 5.69 Å². The normalized spacial score (nSPS) is 10.3. The minimum absolute atomic E-state index is 0.152. The van der Waals surface area contributed by atoms with Crippen molar-refractivity contribution in [2.24, 2.45) is 0 Å². The van der Waals surface area contributed by atoms with Crippen LogP contribution >= 0.6 is 0 Å². The summed E-state index contributed by atoms with van der Waals surface area (Å²) in [6.07, 6.45) is 2.03. The molecule has 1 aromatic heterocycles. The average molecular weight is 317 g/mol. The molecular weight excluding hydrogens is 298 g/mol. The molecular formula is C15H19N5O3. The summed E-state index contributed by atoms with van der Waals surface area (Å²) >= 11 is 0. The number of rotatable bonds is 9. The Morgan fingerprint density at radius 1 is 1.17 bits per heavy atom. The zero-order chi connectivity index (χ0) is 16.5. The van der Waals surface area contributed by atoms with Gasteiger partial charge in [-0.3, -0.25) is 10.1 Å². The number of benzene rings is 1. The molecule has 0 aliphatic rings. The highest BCUT2D eigenvalue weighted by Gasteiger charge is 2.22. The predicted molar refractivity (Wildman–Crippen MR) is 87.4 cm³/mol. The van der Waals surface area contributed by atoms with Gasteiger partial charge in [0.05, 0.1) is 4.92 Å². The van der Waals surface area contributed by atoms with Crippen molar-refractivity contribution in [3.8, 4) is 0 Å². The molecule has 0 aliphatic carbocycles. The number of nitrogens with one attached hydrogen (secondary N) is 2. The predicted octanol–water partition coefficient (Wildman–Crippen LogP) is 2.45. The highest BCUT2D eigenvalue weighted by molar-refractivity contribution is 5.69. The maximum Gasteiger partial charge on any atom is 0.353 e. The minimum Gasteiger partial charge on any atom is -0.385 e. The minimum atomic E-state index is -0.480. The molecule has 0 radical (unpaired) electrons. The Labute approximate surface area is 134 Å². The van der Waals surface area contributed by atoms with Gasteiger partial charge in [0.1, 0.15) is 6.33 Å². The molecule has 0 atom stereocenters. The van der Waals surface area contributed by atoms with Gasteiger partial charge in [0.25, 0.3) is 0 Å².